The molecule has 10 nitrogen and oxygen atoms in total. The van der Waals surface area contributed by atoms with Gasteiger partial charge in [-0.25, -0.2) is 9.97 Å². The van der Waals surface area contributed by atoms with Crippen LogP contribution in [-0.2, 0) is 11.2 Å². The summed E-state index contributed by atoms with van der Waals surface area (Å²) in [6.45, 7) is 3.86. The second kappa shape index (κ2) is 10.9. The summed E-state index contributed by atoms with van der Waals surface area (Å²) in [7, 11) is 4.90. The van der Waals surface area contributed by atoms with E-state index < -0.39 is 6.23 Å². The number of nitrogens with zero attached hydrogens (tertiary/aromatic N) is 4. The standard InChI is InChI=1S/C26H28N6O4/c1-5-23(33)30-22-8-6-7-18(29-22)9-10-32-24-17(15-28-26(27-2)31-24)13-21(25(32)34)16-11-19(35-3)14-20(12-16)36-4/h5-8,11-15,25,34H,1,9-10H2,2-4H3,(H,27,28,31)(H,29,30,33). The van der Waals surface area contributed by atoms with Crippen LogP contribution in [0, 0.1) is 0 Å². The Morgan fingerprint density at radius 1 is 1.19 bits per heavy atom. The van der Waals surface area contributed by atoms with Crippen LogP contribution in [-0.4, -0.2) is 60.0 Å². The molecule has 3 aromatic rings. The van der Waals surface area contributed by atoms with E-state index in [-0.39, 0.29) is 5.91 Å². The molecule has 1 aliphatic rings. The smallest absolute Gasteiger partial charge is 0.248 e. The van der Waals surface area contributed by atoms with Crippen LogP contribution in [0.1, 0.15) is 16.8 Å². The Morgan fingerprint density at radius 2 is 1.94 bits per heavy atom. The van der Waals surface area contributed by atoms with Crippen LogP contribution < -0.4 is 25.0 Å². The molecule has 0 saturated heterocycles. The predicted octanol–water partition coefficient (Wildman–Crippen LogP) is 2.98. The van der Waals surface area contributed by atoms with Crippen molar-refractivity contribution in [2.75, 3.05) is 43.3 Å². The van der Waals surface area contributed by atoms with Crippen LogP contribution in [0.5, 0.6) is 11.5 Å². The molecule has 2 aromatic heterocycles. The van der Waals surface area contributed by atoms with Crippen LogP contribution >= 0.6 is 0 Å². The van der Waals surface area contributed by atoms with Gasteiger partial charge < -0.3 is 30.1 Å². The molecule has 1 unspecified atom stereocenters. The average molecular weight is 489 g/mol. The Balaban J connectivity index is 1.68. The summed E-state index contributed by atoms with van der Waals surface area (Å²) < 4.78 is 10.8. The Kier molecular flexibility index (Phi) is 7.45. The quantitative estimate of drug-likeness (QED) is 0.390. The van der Waals surface area contributed by atoms with E-state index in [1.54, 1.807) is 44.5 Å². The van der Waals surface area contributed by atoms with Crippen LogP contribution in [0.4, 0.5) is 17.6 Å². The molecule has 4 rings (SSSR count). The Morgan fingerprint density at radius 3 is 2.61 bits per heavy atom. The number of nitrogens with one attached hydrogen (secondary N) is 2. The van der Waals surface area contributed by atoms with Crippen LogP contribution in [0.3, 0.4) is 0 Å². The number of pyridine rings is 1. The average Bonchev–Trinajstić information content (AvgIpc) is 2.91. The van der Waals surface area contributed by atoms with E-state index >= 15 is 0 Å². The number of carbonyl (C=O) groups excluding carboxylic acids is 1. The van der Waals surface area contributed by atoms with Gasteiger partial charge in [-0.1, -0.05) is 12.6 Å². The summed E-state index contributed by atoms with van der Waals surface area (Å²) in [5.74, 6) is 2.36. The van der Waals surface area contributed by atoms with E-state index in [0.29, 0.717) is 47.6 Å². The van der Waals surface area contributed by atoms with Crippen molar-refractivity contribution < 1.29 is 19.4 Å². The highest BCUT2D eigenvalue weighted by Gasteiger charge is 2.30. The van der Waals surface area contributed by atoms with Gasteiger partial charge >= 0.3 is 0 Å². The molecule has 3 N–H and O–H groups in total. The Hall–Kier alpha value is -4.44. The topological polar surface area (TPSA) is 122 Å². The van der Waals surface area contributed by atoms with E-state index in [1.807, 2.05) is 30.3 Å². The lowest BCUT2D eigenvalue weighted by Gasteiger charge is -2.35. The lowest BCUT2D eigenvalue weighted by molar-refractivity contribution is -0.111. The van der Waals surface area contributed by atoms with E-state index in [2.05, 4.69) is 32.2 Å². The number of fused-ring (bicyclic) bond motifs is 1. The number of amides is 1. The molecule has 0 aliphatic carbocycles. The molecule has 3 heterocycles. The molecular formula is C26H28N6O4. The second-order valence-electron chi connectivity index (χ2n) is 7.95. The van der Waals surface area contributed by atoms with Crippen molar-refractivity contribution in [3.05, 3.63) is 72.1 Å². The van der Waals surface area contributed by atoms with Gasteiger partial charge in [0.2, 0.25) is 11.9 Å². The van der Waals surface area contributed by atoms with Crippen molar-refractivity contribution >= 4 is 35.1 Å². The Bertz CT molecular complexity index is 1290. The number of methoxy groups -OCH3 is 2. The summed E-state index contributed by atoms with van der Waals surface area (Å²) in [4.78, 5) is 26.9. The zero-order chi connectivity index (χ0) is 25.7. The number of aliphatic hydroxyl groups excluding tert-OH is 1. The monoisotopic (exact) mass is 488 g/mol. The summed E-state index contributed by atoms with van der Waals surface area (Å²) in [6.07, 6.45) is 4.26. The number of anilines is 3. The molecular weight excluding hydrogens is 460 g/mol. The molecule has 1 aromatic carbocycles. The van der Waals surface area contributed by atoms with Crippen LogP contribution in [0.25, 0.3) is 11.6 Å². The van der Waals surface area contributed by atoms with Gasteiger partial charge in [-0.05, 0) is 42.0 Å². The van der Waals surface area contributed by atoms with Gasteiger partial charge in [0.25, 0.3) is 0 Å². The minimum absolute atomic E-state index is 0.333. The molecule has 1 atom stereocenters. The first-order valence-corrected chi connectivity index (χ1v) is 11.3. The predicted molar refractivity (Wildman–Crippen MR) is 139 cm³/mol. The number of rotatable bonds is 9. The minimum Gasteiger partial charge on any atom is -0.497 e. The van der Waals surface area contributed by atoms with E-state index in [4.69, 9.17) is 9.47 Å². The highest BCUT2D eigenvalue weighted by molar-refractivity contribution is 5.98. The van der Waals surface area contributed by atoms with Gasteiger partial charge in [-0.2, -0.15) is 4.98 Å². The molecule has 36 heavy (non-hydrogen) atoms. The van der Waals surface area contributed by atoms with E-state index in [9.17, 15) is 9.90 Å². The summed E-state index contributed by atoms with van der Waals surface area (Å²) in [5, 5.41) is 17.1. The maximum Gasteiger partial charge on any atom is 0.248 e. The summed E-state index contributed by atoms with van der Waals surface area (Å²) >= 11 is 0. The molecule has 0 radical (unpaired) electrons. The fourth-order valence-electron chi connectivity index (χ4n) is 3.90. The normalized spacial score (nSPS) is 14.4. The fraction of sp³-hybridized carbons (Fsp3) is 0.231. The third-order valence-electron chi connectivity index (χ3n) is 5.71. The van der Waals surface area contributed by atoms with Gasteiger partial charge in [-0.15, -0.1) is 0 Å². The summed E-state index contributed by atoms with van der Waals surface area (Å²) in [5.41, 5.74) is 2.91. The van der Waals surface area contributed by atoms with Gasteiger partial charge in [-0.3, -0.25) is 4.79 Å². The number of ether oxygens (including phenoxy) is 2. The Labute approximate surface area is 209 Å². The van der Waals surface area contributed by atoms with E-state index in [0.717, 1.165) is 16.8 Å². The van der Waals surface area contributed by atoms with Crippen molar-refractivity contribution in [1.29, 1.82) is 0 Å². The van der Waals surface area contributed by atoms with Crippen molar-refractivity contribution in [2.24, 2.45) is 0 Å². The third kappa shape index (κ3) is 5.28. The molecule has 10 heteroatoms. The first kappa shape index (κ1) is 24.7. The van der Waals surface area contributed by atoms with Crippen molar-refractivity contribution in [3.63, 3.8) is 0 Å². The molecule has 186 valence electrons. The van der Waals surface area contributed by atoms with E-state index in [1.165, 1.54) is 6.08 Å². The van der Waals surface area contributed by atoms with Crippen LogP contribution in [0.2, 0.25) is 0 Å². The van der Waals surface area contributed by atoms with Gasteiger partial charge in [0.05, 0.1) is 14.2 Å². The number of hydrogen-bond donors (Lipinski definition) is 3. The lowest BCUT2D eigenvalue weighted by atomic mass is 9.97. The van der Waals surface area contributed by atoms with Crippen molar-refractivity contribution in [2.45, 2.75) is 12.6 Å². The molecule has 0 bridgehead atoms. The van der Waals surface area contributed by atoms with Crippen molar-refractivity contribution in [1.82, 2.24) is 15.0 Å². The summed E-state index contributed by atoms with van der Waals surface area (Å²) in [6, 6.07) is 10.9. The maximum atomic E-state index is 11.6. The highest BCUT2D eigenvalue weighted by Crippen LogP contribution is 2.37. The van der Waals surface area contributed by atoms with Gasteiger partial charge in [0.15, 0.2) is 6.23 Å². The molecule has 1 amide bonds. The SMILES string of the molecule is C=CC(=O)Nc1cccc(CCN2c3nc(NC)ncc3C=C(c3cc(OC)cc(OC)c3)C2O)n1. The number of aromatic nitrogens is 3. The highest BCUT2D eigenvalue weighted by atomic mass is 16.5. The molecule has 0 fully saturated rings. The number of benzene rings is 1. The number of aliphatic hydroxyl groups is 1. The van der Waals surface area contributed by atoms with Gasteiger partial charge in [0, 0.05) is 49.1 Å². The molecule has 1 aliphatic heterocycles. The van der Waals surface area contributed by atoms with Crippen molar-refractivity contribution in [3.8, 4) is 11.5 Å². The minimum atomic E-state index is -1.00. The first-order valence-electron chi connectivity index (χ1n) is 11.3. The van der Waals surface area contributed by atoms with Gasteiger partial charge in [0.1, 0.15) is 23.1 Å². The number of hydrogen-bond acceptors (Lipinski definition) is 9. The first-order chi connectivity index (χ1) is 17.4. The lowest BCUT2D eigenvalue weighted by Crippen LogP contribution is -2.41. The maximum absolute atomic E-state index is 11.6. The second-order valence-corrected chi connectivity index (χ2v) is 7.95. The van der Waals surface area contributed by atoms with Crippen LogP contribution in [0.15, 0.2) is 55.3 Å². The molecule has 0 spiro atoms. The zero-order valence-electron chi connectivity index (χ0n) is 20.4. The third-order valence-corrected chi connectivity index (χ3v) is 5.71. The number of carbonyl (C=O) groups is 1. The largest absolute Gasteiger partial charge is 0.497 e. The fourth-order valence-corrected chi connectivity index (χ4v) is 3.90. The zero-order valence-corrected chi connectivity index (χ0v) is 20.4. The molecule has 0 saturated carbocycles.